The third kappa shape index (κ3) is 6.14. The Balaban J connectivity index is 2.61. The standard InChI is InChI=1S/C16H22N2OS/c1-13-10-14(6-5-7-17)12-15(11-13)16(19)18-8-3-4-9-20-2/h10-12H,3-4,7-9,17H2,1-2H3,(H,18,19). The van der Waals surface area contributed by atoms with Crippen LogP contribution in [0.5, 0.6) is 0 Å². The number of hydrogen-bond donors (Lipinski definition) is 2. The molecule has 0 unspecified atom stereocenters. The third-order valence-corrected chi connectivity index (χ3v) is 3.43. The molecule has 0 saturated heterocycles. The van der Waals surface area contributed by atoms with Crippen LogP contribution in [0.25, 0.3) is 0 Å². The van der Waals surface area contributed by atoms with Gasteiger partial charge in [-0.1, -0.05) is 11.8 Å². The van der Waals surface area contributed by atoms with Crippen molar-refractivity contribution >= 4 is 17.7 Å². The van der Waals surface area contributed by atoms with Crippen molar-refractivity contribution in [3.63, 3.8) is 0 Å². The number of carbonyl (C=O) groups is 1. The van der Waals surface area contributed by atoms with Crippen LogP contribution in [-0.2, 0) is 0 Å². The predicted octanol–water partition coefficient (Wildman–Crippen LogP) is 2.18. The van der Waals surface area contributed by atoms with Gasteiger partial charge in [-0.25, -0.2) is 0 Å². The summed E-state index contributed by atoms with van der Waals surface area (Å²) in [6.45, 7) is 3.00. The van der Waals surface area contributed by atoms with E-state index in [1.165, 1.54) is 0 Å². The molecule has 3 nitrogen and oxygen atoms in total. The van der Waals surface area contributed by atoms with Crippen molar-refractivity contribution in [3.8, 4) is 11.8 Å². The van der Waals surface area contributed by atoms with E-state index in [4.69, 9.17) is 5.73 Å². The number of aryl methyl sites for hydroxylation is 1. The lowest BCUT2D eigenvalue weighted by Gasteiger charge is -2.06. The topological polar surface area (TPSA) is 55.1 Å². The van der Waals surface area contributed by atoms with Crippen molar-refractivity contribution in [1.29, 1.82) is 0 Å². The Kier molecular flexibility index (Phi) is 7.86. The molecule has 0 bridgehead atoms. The molecule has 1 aromatic carbocycles. The summed E-state index contributed by atoms with van der Waals surface area (Å²) in [7, 11) is 0. The number of rotatable bonds is 6. The van der Waals surface area contributed by atoms with Gasteiger partial charge in [-0.05, 0) is 55.5 Å². The minimum atomic E-state index is -0.0337. The summed E-state index contributed by atoms with van der Waals surface area (Å²) in [4.78, 5) is 12.1. The second kappa shape index (κ2) is 9.46. The summed E-state index contributed by atoms with van der Waals surface area (Å²) in [5, 5.41) is 2.95. The molecule has 0 aromatic heterocycles. The van der Waals surface area contributed by atoms with Gasteiger partial charge < -0.3 is 11.1 Å². The van der Waals surface area contributed by atoms with E-state index in [1.54, 1.807) is 0 Å². The van der Waals surface area contributed by atoms with Crippen LogP contribution < -0.4 is 11.1 Å². The van der Waals surface area contributed by atoms with Gasteiger partial charge >= 0.3 is 0 Å². The second-order valence-electron chi connectivity index (χ2n) is 4.55. The SMILES string of the molecule is CSCCCCNC(=O)c1cc(C)cc(C#CCN)c1. The van der Waals surface area contributed by atoms with Crippen molar-refractivity contribution in [3.05, 3.63) is 34.9 Å². The first-order valence-corrected chi connectivity index (χ1v) is 8.14. The van der Waals surface area contributed by atoms with Crippen molar-refractivity contribution in [2.75, 3.05) is 25.1 Å². The fraction of sp³-hybridized carbons (Fsp3) is 0.438. The summed E-state index contributed by atoms with van der Waals surface area (Å²) < 4.78 is 0. The number of amides is 1. The van der Waals surface area contributed by atoms with Gasteiger partial charge in [0.05, 0.1) is 6.54 Å². The number of unbranched alkanes of at least 4 members (excludes halogenated alkanes) is 1. The highest BCUT2D eigenvalue weighted by Gasteiger charge is 2.06. The number of thioether (sulfide) groups is 1. The summed E-state index contributed by atoms with van der Waals surface area (Å²) in [6.07, 6.45) is 4.23. The fourth-order valence-corrected chi connectivity index (χ4v) is 2.31. The van der Waals surface area contributed by atoms with Crippen LogP contribution in [0.3, 0.4) is 0 Å². The molecule has 0 heterocycles. The number of nitrogens with two attached hydrogens (primary N) is 1. The lowest BCUT2D eigenvalue weighted by atomic mass is 10.1. The predicted molar refractivity (Wildman–Crippen MR) is 87.1 cm³/mol. The maximum absolute atomic E-state index is 12.1. The van der Waals surface area contributed by atoms with E-state index in [1.807, 2.05) is 36.9 Å². The van der Waals surface area contributed by atoms with Crippen LogP contribution in [0, 0.1) is 18.8 Å². The summed E-state index contributed by atoms with van der Waals surface area (Å²) in [5.41, 5.74) is 7.89. The maximum Gasteiger partial charge on any atom is 0.251 e. The summed E-state index contributed by atoms with van der Waals surface area (Å²) in [6, 6.07) is 5.65. The first-order valence-electron chi connectivity index (χ1n) is 6.75. The van der Waals surface area contributed by atoms with E-state index in [-0.39, 0.29) is 5.91 Å². The van der Waals surface area contributed by atoms with Gasteiger partial charge in [-0.2, -0.15) is 11.8 Å². The van der Waals surface area contributed by atoms with Crippen molar-refractivity contribution < 1.29 is 4.79 Å². The zero-order chi connectivity index (χ0) is 14.8. The van der Waals surface area contributed by atoms with E-state index in [0.717, 1.165) is 36.3 Å². The monoisotopic (exact) mass is 290 g/mol. The molecule has 0 atom stereocenters. The number of nitrogens with one attached hydrogen (secondary N) is 1. The summed E-state index contributed by atoms with van der Waals surface area (Å²) >= 11 is 1.83. The van der Waals surface area contributed by atoms with Gasteiger partial charge in [-0.3, -0.25) is 4.79 Å². The molecule has 0 fully saturated rings. The molecule has 0 spiro atoms. The Morgan fingerprint density at radius 2 is 2.15 bits per heavy atom. The smallest absolute Gasteiger partial charge is 0.251 e. The van der Waals surface area contributed by atoms with E-state index in [2.05, 4.69) is 23.4 Å². The number of hydrogen-bond acceptors (Lipinski definition) is 3. The molecule has 0 saturated carbocycles. The Morgan fingerprint density at radius 1 is 1.35 bits per heavy atom. The Morgan fingerprint density at radius 3 is 2.85 bits per heavy atom. The molecule has 1 aromatic rings. The molecule has 1 rings (SSSR count). The first-order chi connectivity index (χ1) is 9.67. The van der Waals surface area contributed by atoms with Crippen molar-refractivity contribution in [2.24, 2.45) is 5.73 Å². The molecule has 1 amide bonds. The molecule has 4 heteroatoms. The van der Waals surface area contributed by atoms with Gasteiger partial charge in [0, 0.05) is 17.7 Å². The van der Waals surface area contributed by atoms with Crippen LogP contribution in [0.1, 0.15) is 34.3 Å². The van der Waals surface area contributed by atoms with Gasteiger partial charge in [0.1, 0.15) is 0 Å². The van der Waals surface area contributed by atoms with Gasteiger partial charge in [0.25, 0.3) is 5.91 Å². The average molecular weight is 290 g/mol. The van der Waals surface area contributed by atoms with E-state index < -0.39 is 0 Å². The van der Waals surface area contributed by atoms with Crippen LogP contribution in [0.2, 0.25) is 0 Å². The normalized spacial score (nSPS) is 9.75. The molecule has 3 N–H and O–H groups in total. The first kappa shape index (κ1) is 16.6. The minimum Gasteiger partial charge on any atom is -0.352 e. The van der Waals surface area contributed by atoms with Crippen LogP contribution in [0.15, 0.2) is 18.2 Å². The minimum absolute atomic E-state index is 0.0337. The van der Waals surface area contributed by atoms with Crippen molar-refractivity contribution in [2.45, 2.75) is 19.8 Å². The lowest BCUT2D eigenvalue weighted by molar-refractivity contribution is 0.0953. The van der Waals surface area contributed by atoms with Crippen LogP contribution >= 0.6 is 11.8 Å². The second-order valence-corrected chi connectivity index (χ2v) is 5.54. The highest BCUT2D eigenvalue weighted by molar-refractivity contribution is 7.98. The Bertz CT molecular complexity index is 503. The quantitative estimate of drug-likeness (QED) is 0.624. The molecular formula is C16H22N2OS. The largest absolute Gasteiger partial charge is 0.352 e. The average Bonchev–Trinajstić information content (AvgIpc) is 2.44. The molecule has 0 radical (unpaired) electrons. The fourth-order valence-electron chi connectivity index (χ4n) is 1.81. The van der Waals surface area contributed by atoms with E-state index in [0.29, 0.717) is 12.1 Å². The van der Waals surface area contributed by atoms with Gasteiger partial charge in [-0.15, -0.1) is 0 Å². The zero-order valence-electron chi connectivity index (χ0n) is 12.2. The van der Waals surface area contributed by atoms with E-state index >= 15 is 0 Å². The zero-order valence-corrected chi connectivity index (χ0v) is 13.0. The molecule has 0 aliphatic carbocycles. The maximum atomic E-state index is 12.1. The molecular weight excluding hydrogens is 268 g/mol. The van der Waals surface area contributed by atoms with Crippen molar-refractivity contribution in [1.82, 2.24) is 5.32 Å². The molecule has 108 valence electrons. The van der Waals surface area contributed by atoms with E-state index in [9.17, 15) is 4.79 Å². The van der Waals surface area contributed by atoms with Gasteiger partial charge in [0.15, 0.2) is 0 Å². The number of benzene rings is 1. The molecule has 0 aliphatic heterocycles. The molecule has 20 heavy (non-hydrogen) atoms. The van der Waals surface area contributed by atoms with Gasteiger partial charge in [0.2, 0.25) is 0 Å². The summed E-state index contributed by atoms with van der Waals surface area (Å²) in [5.74, 6) is 6.88. The Hall–Kier alpha value is -1.44. The third-order valence-electron chi connectivity index (χ3n) is 2.74. The highest BCUT2D eigenvalue weighted by atomic mass is 32.2. The van der Waals surface area contributed by atoms with Crippen LogP contribution in [-0.4, -0.2) is 31.0 Å². The van der Waals surface area contributed by atoms with Crippen LogP contribution in [0.4, 0.5) is 0 Å². The Labute approximate surface area is 125 Å². The lowest BCUT2D eigenvalue weighted by Crippen LogP contribution is -2.24. The highest BCUT2D eigenvalue weighted by Crippen LogP contribution is 2.09. The molecule has 0 aliphatic rings. The number of carbonyl (C=O) groups excluding carboxylic acids is 1.